The molecule has 4 rings (SSSR count). The number of carbonyl (C=O) groups excluding carboxylic acids is 1. The lowest BCUT2D eigenvalue weighted by Crippen LogP contribution is -2.10. The van der Waals surface area contributed by atoms with Gasteiger partial charge in [0.1, 0.15) is 0 Å². The molecule has 0 aliphatic heterocycles. The van der Waals surface area contributed by atoms with Gasteiger partial charge in [-0.3, -0.25) is 4.79 Å². The largest absolute Gasteiger partial charge is 0.342 e. The van der Waals surface area contributed by atoms with Gasteiger partial charge in [-0.25, -0.2) is 9.67 Å². The zero-order chi connectivity index (χ0) is 17.4. The van der Waals surface area contributed by atoms with E-state index in [1.54, 1.807) is 23.1 Å². The van der Waals surface area contributed by atoms with Crippen LogP contribution in [0.4, 0.5) is 11.4 Å². The zero-order valence-corrected chi connectivity index (χ0v) is 14.8. The molecule has 3 heterocycles. The van der Waals surface area contributed by atoms with Crippen LogP contribution in [0.15, 0.2) is 54.2 Å². The van der Waals surface area contributed by atoms with Gasteiger partial charge in [0, 0.05) is 17.8 Å². The van der Waals surface area contributed by atoms with Gasteiger partial charge in [-0.15, -0.1) is 11.3 Å². The van der Waals surface area contributed by atoms with E-state index < -0.39 is 0 Å². The number of nitrogens with zero attached hydrogens (tertiary/aromatic N) is 4. The number of anilines is 2. The van der Waals surface area contributed by atoms with Crippen LogP contribution in [0, 0.1) is 0 Å². The lowest BCUT2D eigenvalue weighted by Gasteiger charge is -2.20. The third-order valence-corrected chi connectivity index (χ3v) is 5.13. The molecule has 0 N–H and O–H groups in total. The highest BCUT2D eigenvalue weighted by molar-refractivity contribution is 7.12. The van der Waals surface area contributed by atoms with Crippen molar-refractivity contribution in [2.24, 2.45) is 0 Å². The van der Waals surface area contributed by atoms with Gasteiger partial charge < -0.3 is 4.90 Å². The molecule has 5 nitrogen and oxygen atoms in total. The number of para-hydroxylation sites is 1. The van der Waals surface area contributed by atoms with Crippen molar-refractivity contribution in [2.45, 2.75) is 0 Å². The highest BCUT2D eigenvalue weighted by Crippen LogP contribution is 2.31. The summed E-state index contributed by atoms with van der Waals surface area (Å²) in [7, 11) is 1.95. The summed E-state index contributed by atoms with van der Waals surface area (Å²) < 4.78 is 1.73. The molecule has 0 amide bonds. The number of thiophene rings is 1. The van der Waals surface area contributed by atoms with Gasteiger partial charge in [0.05, 0.1) is 39.4 Å². The zero-order valence-electron chi connectivity index (χ0n) is 13.3. The smallest absolute Gasteiger partial charge is 0.163 e. The molecule has 0 bridgehead atoms. The molecule has 0 aliphatic rings. The number of hydrogen-bond acceptors (Lipinski definition) is 5. The number of carbonyl (C=O) groups is 1. The molecular weight excluding hydrogens is 356 g/mol. The normalized spacial score (nSPS) is 11.0. The molecule has 0 saturated heterocycles. The molecule has 0 unspecified atom stereocenters. The molecule has 0 radical (unpaired) electrons. The third kappa shape index (κ3) is 2.79. The molecule has 25 heavy (non-hydrogen) atoms. The number of fused-ring (bicyclic) bond motifs is 1. The molecule has 7 heteroatoms. The van der Waals surface area contributed by atoms with Crippen LogP contribution in [-0.2, 0) is 0 Å². The molecule has 1 aromatic carbocycles. The number of hydrogen-bond donors (Lipinski definition) is 0. The number of halogens is 1. The average Bonchev–Trinajstić information content (AvgIpc) is 3.27. The molecule has 4 aromatic rings. The Morgan fingerprint density at radius 3 is 2.84 bits per heavy atom. The van der Waals surface area contributed by atoms with Gasteiger partial charge in [0.2, 0.25) is 0 Å². The molecule has 3 aromatic heterocycles. The van der Waals surface area contributed by atoms with Gasteiger partial charge >= 0.3 is 0 Å². The average molecular weight is 369 g/mol. The van der Waals surface area contributed by atoms with Crippen LogP contribution in [0.1, 0.15) is 9.67 Å². The van der Waals surface area contributed by atoms with Crippen LogP contribution in [0.2, 0.25) is 5.02 Å². The van der Waals surface area contributed by atoms with Crippen molar-refractivity contribution in [3.8, 4) is 5.69 Å². The van der Waals surface area contributed by atoms with E-state index in [1.807, 2.05) is 47.7 Å². The van der Waals surface area contributed by atoms with Crippen LogP contribution in [0.5, 0.6) is 0 Å². The Morgan fingerprint density at radius 1 is 1.24 bits per heavy atom. The number of aromatic nitrogens is 3. The first kappa shape index (κ1) is 15.8. The predicted molar refractivity (Wildman–Crippen MR) is 102 cm³/mol. The molecule has 0 saturated carbocycles. The monoisotopic (exact) mass is 368 g/mol. The minimum atomic E-state index is 0.661. The van der Waals surface area contributed by atoms with Crippen molar-refractivity contribution >= 4 is 51.6 Å². The first-order valence-corrected chi connectivity index (χ1v) is 8.79. The maximum Gasteiger partial charge on any atom is 0.163 e. The molecule has 124 valence electrons. The first-order valence-electron chi connectivity index (χ1n) is 7.53. The Hall–Kier alpha value is -2.70. The van der Waals surface area contributed by atoms with E-state index in [0.717, 1.165) is 34.4 Å². The molecule has 0 atom stereocenters. The first-order chi connectivity index (χ1) is 12.2. The highest BCUT2D eigenvalue weighted by Gasteiger charge is 2.12. The van der Waals surface area contributed by atoms with Crippen molar-refractivity contribution in [1.29, 1.82) is 0 Å². The third-order valence-electron chi connectivity index (χ3n) is 3.96. The summed E-state index contributed by atoms with van der Waals surface area (Å²) in [5.41, 5.74) is 3.40. The Morgan fingerprint density at radius 2 is 2.08 bits per heavy atom. The Bertz CT molecular complexity index is 1070. The van der Waals surface area contributed by atoms with E-state index >= 15 is 0 Å². The van der Waals surface area contributed by atoms with E-state index in [-0.39, 0.29) is 0 Å². The van der Waals surface area contributed by atoms with Crippen LogP contribution in [0.3, 0.4) is 0 Å². The van der Waals surface area contributed by atoms with Gasteiger partial charge in [-0.1, -0.05) is 23.7 Å². The lowest BCUT2D eigenvalue weighted by atomic mass is 10.2. The summed E-state index contributed by atoms with van der Waals surface area (Å²) in [5, 5.41) is 7.89. The summed E-state index contributed by atoms with van der Waals surface area (Å²) in [6.07, 6.45) is 4.39. The fourth-order valence-electron chi connectivity index (χ4n) is 2.66. The van der Waals surface area contributed by atoms with Gasteiger partial charge in [0.15, 0.2) is 11.9 Å². The Balaban J connectivity index is 1.75. The van der Waals surface area contributed by atoms with Crippen LogP contribution < -0.4 is 4.90 Å². The summed E-state index contributed by atoms with van der Waals surface area (Å²) in [6, 6.07) is 11.5. The second-order valence-corrected chi connectivity index (χ2v) is 6.85. The van der Waals surface area contributed by atoms with Gasteiger partial charge in [-0.2, -0.15) is 5.10 Å². The van der Waals surface area contributed by atoms with Gasteiger partial charge in [0.25, 0.3) is 0 Å². The number of aldehydes is 1. The lowest BCUT2D eigenvalue weighted by molar-refractivity contribution is 0.112. The number of benzene rings is 1. The second-order valence-electron chi connectivity index (χ2n) is 5.50. The highest BCUT2D eigenvalue weighted by atomic mass is 35.5. The van der Waals surface area contributed by atoms with Crippen molar-refractivity contribution in [2.75, 3.05) is 11.9 Å². The molecule has 0 spiro atoms. The maximum absolute atomic E-state index is 10.9. The van der Waals surface area contributed by atoms with Crippen LogP contribution in [0.25, 0.3) is 16.7 Å². The van der Waals surface area contributed by atoms with Crippen molar-refractivity contribution in [1.82, 2.24) is 14.8 Å². The SMILES string of the molecule is CN(c1cnc2c(cnn2-c2csc(C=O)c2)c1)c1ccccc1Cl. The topological polar surface area (TPSA) is 51.0 Å². The van der Waals surface area contributed by atoms with Crippen molar-refractivity contribution < 1.29 is 4.79 Å². The fourth-order valence-corrected chi connectivity index (χ4v) is 3.59. The van der Waals surface area contributed by atoms with E-state index in [0.29, 0.717) is 9.90 Å². The fraction of sp³-hybridized carbons (Fsp3) is 0.0556. The summed E-state index contributed by atoms with van der Waals surface area (Å²) in [5.74, 6) is 0. The Kier molecular flexibility index (Phi) is 3.99. The summed E-state index contributed by atoms with van der Waals surface area (Å²) in [4.78, 5) is 18.1. The van der Waals surface area contributed by atoms with E-state index in [2.05, 4.69) is 10.1 Å². The molecular formula is C18H13ClN4OS. The Labute approximate surface area is 153 Å². The summed E-state index contributed by atoms with van der Waals surface area (Å²) in [6.45, 7) is 0. The van der Waals surface area contributed by atoms with Crippen molar-refractivity contribution in [3.63, 3.8) is 0 Å². The maximum atomic E-state index is 10.9. The minimum absolute atomic E-state index is 0.661. The van der Waals surface area contributed by atoms with Gasteiger partial charge in [-0.05, 0) is 24.3 Å². The van der Waals surface area contributed by atoms with Crippen LogP contribution >= 0.6 is 22.9 Å². The van der Waals surface area contributed by atoms with E-state index in [1.165, 1.54) is 11.3 Å². The standard InChI is InChI=1S/C18H13ClN4OS/c1-22(17-5-3-2-4-16(17)19)13-6-12-8-21-23(18(12)20-9-13)14-7-15(10-24)25-11-14/h2-11H,1H3. The minimum Gasteiger partial charge on any atom is -0.342 e. The number of rotatable bonds is 4. The summed E-state index contributed by atoms with van der Waals surface area (Å²) >= 11 is 7.67. The van der Waals surface area contributed by atoms with E-state index in [4.69, 9.17) is 11.6 Å². The quantitative estimate of drug-likeness (QED) is 0.489. The van der Waals surface area contributed by atoms with Crippen LogP contribution in [-0.4, -0.2) is 28.1 Å². The molecule has 0 aliphatic carbocycles. The van der Waals surface area contributed by atoms with Crippen molar-refractivity contribution in [3.05, 3.63) is 64.1 Å². The van der Waals surface area contributed by atoms with E-state index in [9.17, 15) is 4.79 Å². The second kappa shape index (κ2) is 6.31. The molecule has 0 fully saturated rings. The predicted octanol–water partition coefficient (Wildman–Crippen LogP) is 4.72. The number of pyridine rings is 1.